The molecule has 2 aliphatic carbocycles. The molecule has 1 amide bonds. The van der Waals surface area contributed by atoms with Crippen LogP contribution in [0.2, 0.25) is 0 Å². The number of hydrogen-bond acceptors (Lipinski definition) is 3. The maximum Gasteiger partial charge on any atom is 0.408 e. The zero-order valence-corrected chi connectivity index (χ0v) is 11.5. The van der Waals surface area contributed by atoms with Crippen molar-refractivity contribution in [1.82, 2.24) is 5.32 Å². The summed E-state index contributed by atoms with van der Waals surface area (Å²) in [5.74, 6) is 0.406. The van der Waals surface area contributed by atoms with Gasteiger partial charge in [-0.2, -0.15) is 0 Å². The van der Waals surface area contributed by atoms with E-state index in [2.05, 4.69) is 5.32 Å². The summed E-state index contributed by atoms with van der Waals surface area (Å²) in [6.45, 7) is 5.49. The molecule has 102 valence electrons. The Balaban J connectivity index is 2.02. The van der Waals surface area contributed by atoms with Gasteiger partial charge in [-0.05, 0) is 46.5 Å². The minimum Gasteiger partial charge on any atom is -0.444 e. The van der Waals surface area contributed by atoms with Gasteiger partial charge in [0.1, 0.15) is 11.1 Å². The third-order valence-electron chi connectivity index (χ3n) is 3.62. The summed E-state index contributed by atoms with van der Waals surface area (Å²) in [6, 6.07) is 0. The minimum absolute atomic E-state index is 0.179. The molecule has 2 fully saturated rings. The molecule has 0 aliphatic heterocycles. The van der Waals surface area contributed by atoms with Crippen LogP contribution in [0.15, 0.2) is 0 Å². The molecule has 0 aromatic carbocycles. The van der Waals surface area contributed by atoms with Crippen LogP contribution in [-0.4, -0.2) is 23.0 Å². The molecule has 4 heteroatoms. The lowest BCUT2D eigenvalue weighted by Gasteiger charge is -2.30. The van der Waals surface area contributed by atoms with Crippen molar-refractivity contribution in [2.45, 2.75) is 70.4 Å². The first-order chi connectivity index (χ1) is 8.32. The van der Waals surface area contributed by atoms with Gasteiger partial charge in [0.2, 0.25) is 0 Å². The van der Waals surface area contributed by atoms with Gasteiger partial charge >= 0.3 is 6.09 Å². The van der Waals surface area contributed by atoms with Gasteiger partial charge in [0.15, 0.2) is 5.78 Å². The number of carbonyl (C=O) groups is 2. The summed E-state index contributed by atoms with van der Waals surface area (Å²) in [5, 5.41) is 2.86. The second kappa shape index (κ2) is 4.56. The number of ether oxygens (including phenoxy) is 1. The summed E-state index contributed by atoms with van der Waals surface area (Å²) in [6.07, 6.45) is 5.05. The van der Waals surface area contributed by atoms with Gasteiger partial charge in [-0.25, -0.2) is 4.79 Å². The number of amides is 1. The van der Waals surface area contributed by atoms with Crippen molar-refractivity contribution in [1.29, 1.82) is 0 Å². The van der Waals surface area contributed by atoms with Crippen LogP contribution in [-0.2, 0) is 9.53 Å². The molecule has 2 rings (SSSR count). The molecule has 4 nitrogen and oxygen atoms in total. The molecule has 0 unspecified atom stereocenters. The number of rotatable bonds is 3. The average Bonchev–Trinajstić information content (AvgIpc) is 2.96. The summed E-state index contributed by atoms with van der Waals surface area (Å²) < 4.78 is 5.27. The average molecular weight is 253 g/mol. The highest BCUT2D eigenvalue weighted by Crippen LogP contribution is 2.40. The van der Waals surface area contributed by atoms with E-state index in [4.69, 9.17) is 4.74 Å². The third-order valence-corrected chi connectivity index (χ3v) is 3.62. The Labute approximate surface area is 108 Å². The highest BCUT2D eigenvalue weighted by Gasteiger charge is 2.48. The molecule has 0 aromatic rings. The molecular weight excluding hydrogens is 230 g/mol. The van der Waals surface area contributed by atoms with Crippen LogP contribution in [0.1, 0.15) is 59.3 Å². The van der Waals surface area contributed by atoms with Crippen molar-refractivity contribution in [2.75, 3.05) is 0 Å². The topological polar surface area (TPSA) is 55.4 Å². The van der Waals surface area contributed by atoms with Crippen LogP contribution in [0.25, 0.3) is 0 Å². The van der Waals surface area contributed by atoms with E-state index in [0.29, 0.717) is 0 Å². The third kappa shape index (κ3) is 3.03. The fourth-order valence-electron chi connectivity index (χ4n) is 2.65. The van der Waals surface area contributed by atoms with Crippen LogP contribution in [0.3, 0.4) is 0 Å². The maximum absolute atomic E-state index is 12.4. The zero-order valence-electron chi connectivity index (χ0n) is 11.5. The molecule has 0 atom stereocenters. The Morgan fingerprint density at radius 1 is 1.17 bits per heavy atom. The van der Waals surface area contributed by atoms with E-state index in [0.717, 1.165) is 38.5 Å². The predicted octanol–water partition coefficient (Wildman–Crippen LogP) is 2.80. The number of carbonyl (C=O) groups excluding carboxylic acids is 2. The number of nitrogens with one attached hydrogen (secondary N) is 1. The Kier molecular flexibility index (Phi) is 3.39. The quantitative estimate of drug-likeness (QED) is 0.841. The fraction of sp³-hybridized carbons (Fsp3) is 0.857. The molecule has 2 aliphatic rings. The highest BCUT2D eigenvalue weighted by molar-refractivity contribution is 5.95. The smallest absolute Gasteiger partial charge is 0.408 e. The van der Waals surface area contributed by atoms with E-state index in [1.807, 2.05) is 20.8 Å². The van der Waals surface area contributed by atoms with Gasteiger partial charge in [-0.1, -0.05) is 12.8 Å². The molecule has 18 heavy (non-hydrogen) atoms. The van der Waals surface area contributed by atoms with E-state index >= 15 is 0 Å². The first-order valence-electron chi connectivity index (χ1n) is 6.88. The minimum atomic E-state index is -0.635. The molecule has 1 N–H and O–H groups in total. The molecule has 0 radical (unpaired) electrons. The summed E-state index contributed by atoms with van der Waals surface area (Å²) in [5.41, 5.74) is -1.16. The molecule has 0 spiro atoms. The summed E-state index contributed by atoms with van der Waals surface area (Å²) in [7, 11) is 0. The Morgan fingerprint density at radius 3 is 2.17 bits per heavy atom. The van der Waals surface area contributed by atoms with Crippen molar-refractivity contribution in [3.05, 3.63) is 0 Å². The lowest BCUT2D eigenvalue weighted by molar-refractivity contribution is -0.126. The van der Waals surface area contributed by atoms with Crippen LogP contribution >= 0.6 is 0 Å². The number of alkyl carbamates (subject to hydrolysis) is 1. The molecule has 2 saturated carbocycles. The van der Waals surface area contributed by atoms with Gasteiger partial charge in [0, 0.05) is 5.92 Å². The maximum atomic E-state index is 12.4. The van der Waals surface area contributed by atoms with Gasteiger partial charge in [-0.15, -0.1) is 0 Å². The molecule has 0 aromatic heterocycles. The van der Waals surface area contributed by atoms with Crippen molar-refractivity contribution < 1.29 is 14.3 Å². The van der Waals surface area contributed by atoms with E-state index < -0.39 is 17.2 Å². The van der Waals surface area contributed by atoms with Gasteiger partial charge in [0.25, 0.3) is 0 Å². The number of hydrogen-bond donors (Lipinski definition) is 1. The van der Waals surface area contributed by atoms with Gasteiger partial charge in [-0.3, -0.25) is 4.79 Å². The molecule has 0 saturated heterocycles. The second-order valence-electron chi connectivity index (χ2n) is 6.55. The van der Waals surface area contributed by atoms with Crippen molar-refractivity contribution in [2.24, 2.45) is 5.92 Å². The van der Waals surface area contributed by atoms with E-state index in [1.165, 1.54) is 0 Å². The highest BCUT2D eigenvalue weighted by atomic mass is 16.6. The summed E-state index contributed by atoms with van der Waals surface area (Å²) in [4.78, 5) is 24.2. The SMILES string of the molecule is CC(C)(C)OC(=O)NC1(C(=O)C2CC2)CCCC1. The van der Waals surface area contributed by atoms with Gasteiger partial charge < -0.3 is 10.1 Å². The summed E-state index contributed by atoms with van der Waals surface area (Å²) >= 11 is 0. The number of Topliss-reactive ketones (excluding diaryl/α,β-unsaturated/α-hetero) is 1. The number of ketones is 1. The van der Waals surface area contributed by atoms with Crippen molar-refractivity contribution >= 4 is 11.9 Å². The van der Waals surface area contributed by atoms with E-state index in [9.17, 15) is 9.59 Å². The zero-order chi connectivity index (χ0) is 13.4. The lowest BCUT2D eigenvalue weighted by atomic mass is 9.89. The van der Waals surface area contributed by atoms with Crippen LogP contribution in [0.4, 0.5) is 4.79 Å². The van der Waals surface area contributed by atoms with Crippen molar-refractivity contribution in [3.63, 3.8) is 0 Å². The standard InChI is InChI=1S/C14H23NO3/c1-13(2,3)18-12(17)15-14(8-4-5-9-14)11(16)10-6-7-10/h10H,4-9H2,1-3H3,(H,15,17). The first kappa shape index (κ1) is 13.4. The van der Waals surface area contributed by atoms with Crippen LogP contribution in [0.5, 0.6) is 0 Å². The Hall–Kier alpha value is -1.06. The van der Waals surface area contributed by atoms with Crippen LogP contribution < -0.4 is 5.32 Å². The normalized spacial score (nSPS) is 22.6. The molecule has 0 heterocycles. The lowest BCUT2D eigenvalue weighted by Crippen LogP contribution is -2.54. The Morgan fingerprint density at radius 2 is 1.72 bits per heavy atom. The van der Waals surface area contributed by atoms with E-state index in [1.54, 1.807) is 0 Å². The van der Waals surface area contributed by atoms with Gasteiger partial charge in [0.05, 0.1) is 0 Å². The predicted molar refractivity (Wildman–Crippen MR) is 68.3 cm³/mol. The molecule has 0 bridgehead atoms. The fourth-order valence-corrected chi connectivity index (χ4v) is 2.65. The van der Waals surface area contributed by atoms with Crippen LogP contribution in [0, 0.1) is 5.92 Å². The monoisotopic (exact) mass is 253 g/mol. The molecular formula is C14H23NO3. The van der Waals surface area contributed by atoms with Crippen molar-refractivity contribution in [3.8, 4) is 0 Å². The van der Waals surface area contributed by atoms with E-state index in [-0.39, 0.29) is 11.7 Å². The largest absolute Gasteiger partial charge is 0.444 e. The second-order valence-corrected chi connectivity index (χ2v) is 6.55. The Bertz CT molecular complexity index is 347. The first-order valence-corrected chi connectivity index (χ1v) is 6.88.